The second kappa shape index (κ2) is 8.58. The third-order valence-electron chi connectivity index (χ3n) is 5.17. The molecule has 2 aromatic heterocycles. The van der Waals surface area contributed by atoms with Gasteiger partial charge in [-0.15, -0.1) is 0 Å². The standard InChI is InChI=1S/C19H25N5O3/c25-18-5-4-15(13-24(18)8-6-16-3-1-2-7-20-16)19-21-17(22-27-19)14-23-9-11-26-12-10-23/h1-3,7,15H,4-6,8-14H2/t15-/m0/s1. The molecule has 4 heterocycles. The summed E-state index contributed by atoms with van der Waals surface area (Å²) in [5.74, 6) is 1.66. The molecule has 0 spiro atoms. The van der Waals surface area contributed by atoms with E-state index in [9.17, 15) is 4.79 Å². The number of nitrogens with zero attached hydrogens (tertiary/aromatic N) is 5. The van der Waals surface area contributed by atoms with Gasteiger partial charge in [0.15, 0.2) is 5.82 Å². The van der Waals surface area contributed by atoms with E-state index in [0.717, 1.165) is 44.8 Å². The Morgan fingerprint density at radius 2 is 2.11 bits per heavy atom. The van der Waals surface area contributed by atoms with Crippen molar-refractivity contribution in [1.82, 2.24) is 24.9 Å². The number of carbonyl (C=O) groups is 1. The maximum Gasteiger partial charge on any atom is 0.231 e. The number of ether oxygens (including phenoxy) is 1. The van der Waals surface area contributed by atoms with Crippen LogP contribution in [-0.4, -0.2) is 70.2 Å². The molecule has 4 rings (SSSR count). The van der Waals surface area contributed by atoms with E-state index in [2.05, 4.69) is 20.0 Å². The largest absolute Gasteiger partial charge is 0.379 e. The average Bonchev–Trinajstić information content (AvgIpc) is 3.17. The highest BCUT2D eigenvalue weighted by atomic mass is 16.5. The lowest BCUT2D eigenvalue weighted by Gasteiger charge is -2.30. The Morgan fingerprint density at radius 1 is 1.22 bits per heavy atom. The Morgan fingerprint density at radius 3 is 2.93 bits per heavy atom. The predicted molar refractivity (Wildman–Crippen MR) is 96.9 cm³/mol. The lowest BCUT2D eigenvalue weighted by molar-refractivity contribution is -0.133. The molecular weight excluding hydrogens is 346 g/mol. The van der Waals surface area contributed by atoms with Gasteiger partial charge in [0.1, 0.15) is 0 Å². The lowest BCUT2D eigenvalue weighted by atomic mass is 9.97. The minimum atomic E-state index is 0.109. The quantitative estimate of drug-likeness (QED) is 0.755. The summed E-state index contributed by atoms with van der Waals surface area (Å²) in [6.45, 7) is 5.27. The second-order valence-corrected chi connectivity index (χ2v) is 7.08. The van der Waals surface area contributed by atoms with Crippen LogP contribution < -0.4 is 0 Å². The Labute approximate surface area is 158 Å². The summed E-state index contributed by atoms with van der Waals surface area (Å²) in [7, 11) is 0. The van der Waals surface area contributed by atoms with Crippen molar-refractivity contribution in [2.75, 3.05) is 39.4 Å². The van der Waals surface area contributed by atoms with E-state index >= 15 is 0 Å². The highest BCUT2D eigenvalue weighted by Crippen LogP contribution is 2.26. The molecule has 2 saturated heterocycles. The molecule has 27 heavy (non-hydrogen) atoms. The number of aromatic nitrogens is 3. The maximum absolute atomic E-state index is 12.3. The Hall–Kier alpha value is -2.32. The highest BCUT2D eigenvalue weighted by Gasteiger charge is 2.30. The minimum absolute atomic E-state index is 0.109. The predicted octanol–water partition coefficient (Wildman–Crippen LogP) is 1.25. The molecule has 0 unspecified atom stereocenters. The van der Waals surface area contributed by atoms with E-state index < -0.39 is 0 Å². The first-order valence-electron chi connectivity index (χ1n) is 9.58. The molecule has 1 atom stereocenters. The SMILES string of the molecule is O=C1CC[C@H](c2nc(CN3CCOCC3)no2)CN1CCc1ccccn1. The fourth-order valence-electron chi connectivity index (χ4n) is 3.58. The monoisotopic (exact) mass is 371 g/mol. The van der Waals surface area contributed by atoms with Gasteiger partial charge >= 0.3 is 0 Å². The van der Waals surface area contributed by atoms with E-state index in [-0.39, 0.29) is 11.8 Å². The number of hydrogen-bond acceptors (Lipinski definition) is 7. The van der Waals surface area contributed by atoms with Crippen LogP contribution in [0.25, 0.3) is 0 Å². The second-order valence-electron chi connectivity index (χ2n) is 7.08. The number of hydrogen-bond donors (Lipinski definition) is 0. The van der Waals surface area contributed by atoms with Gasteiger partial charge < -0.3 is 14.2 Å². The molecular formula is C19H25N5O3. The van der Waals surface area contributed by atoms with Crippen LogP contribution in [0.1, 0.15) is 36.2 Å². The molecule has 0 saturated carbocycles. The molecule has 2 aliphatic heterocycles. The van der Waals surface area contributed by atoms with Crippen molar-refractivity contribution in [2.45, 2.75) is 31.7 Å². The van der Waals surface area contributed by atoms with Crippen molar-refractivity contribution in [2.24, 2.45) is 0 Å². The molecule has 0 aliphatic carbocycles. The zero-order valence-electron chi connectivity index (χ0n) is 15.4. The van der Waals surface area contributed by atoms with E-state index in [1.807, 2.05) is 23.1 Å². The van der Waals surface area contributed by atoms with Gasteiger partial charge in [-0.2, -0.15) is 4.98 Å². The van der Waals surface area contributed by atoms with Gasteiger partial charge in [-0.3, -0.25) is 14.7 Å². The number of likely N-dealkylation sites (tertiary alicyclic amines) is 1. The van der Waals surface area contributed by atoms with Gasteiger partial charge in [0, 0.05) is 50.9 Å². The molecule has 8 nitrogen and oxygen atoms in total. The van der Waals surface area contributed by atoms with Gasteiger partial charge in [0.2, 0.25) is 11.8 Å². The molecule has 2 fully saturated rings. The van der Waals surface area contributed by atoms with Crippen molar-refractivity contribution >= 4 is 5.91 Å². The summed E-state index contributed by atoms with van der Waals surface area (Å²) in [6, 6.07) is 5.86. The van der Waals surface area contributed by atoms with Gasteiger partial charge in [-0.05, 0) is 18.6 Å². The normalized spacial score (nSPS) is 21.6. The number of carbonyl (C=O) groups excluding carboxylic acids is 1. The van der Waals surface area contributed by atoms with Crippen molar-refractivity contribution in [3.63, 3.8) is 0 Å². The van der Waals surface area contributed by atoms with E-state index in [4.69, 9.17) is 9.26 Å². The Kier molecular flexibility index (Phi) is 5.74. The first-order chi connectivity index (χ1) is 13.3. The Balaban J connectivity index is 1.34. The molecule has 2 aromatic rings. The first kappa shape index (κ1) is 18.1. The number of pyridine rings is 1. The topological polar surface area (TPSA) is 84.6 Å². The summed E-state index contributed by atoms with van der Waals surface area (Å²) < 4.78 is 10.9. The summed E-state index contributed by atoms with van der Waals surface area (Å²) >= 11 is 0. The maximum atomic E-state index is 12.3. The molecule has 8 heteroatoms. The molecule has 0 N–H and O–H groups in total. The average molecular weight is 371 g/mol. The smallest absolute Gasteiger partial charge is 0.231 e. The van der Waals surface area contributed by atoms with Crippen molar-refractivity contribution in [3.8, 4) is 0 Å². The summed E-state index contributed by atoms with van der Waals surface area (Å²) in [4.78, 5) is 25.4. The van der Waals surface area contributed by atoms with Gasteiger partial charge in [0.25, 0.3) is 0 Å². The van der Waals surface area contributed by atoms with Crippen LogP contribution in [0.5, 0.6) is 0 Å². The number of amides is 1. The van der Waals surface area contributed by atoms with E-state index in [0.29, 0.717) is 37.8 Å². The van der Waals surface area contributed by atoms with Gasteiger partial charge in [0.05, 0.1) is 25.7 Å². The van der Waals surface area contributed by atoms with Crippen LogP contribution in [0, 0.1) is 0 Å². The highest BCUT2D eigenvalue weighted by molar-refractivity contribution is 5.77. The first-order valence-corrected chi connectivity index (χ1v) is 9.58. The third-order valence-corrected chi connectivity index (χ3v) is 5.17. The van der Waals surface area contributed by atoms with Gasteiger partial charge in [-0.1, -0.05) is 11.2 Å². The summed E-state index contributed by atoms with van der Waals surface area (Å²) in [5.41, 5.74) is 0.998. The van der Waals surface area contributed by atoms with Crippen LogP contribution >= 0.6 is 0 Å². The van der Waals surface area contributed by atoms with Crippen molar-refractivity contribution in [1.29, 1.82) is 0 Å². The minimum Gasteiger partial charge on any atom is -0.379 e. The van der Waals surface area contributed by atoms with E-state index in [1.54, 1.807) is 6.20 Å². The van der Waals surface area contributed by atoms with Gasteiger partial charge in [-0.25, -0.2) is 0 Å². The lowest BCUT2D eigenvalue weighted by Crippen LogP contribution is -2.40. The molecule has 0 radical (unpaired) electrons. The van der Waals surface area contributed by atoms with Crippen LogP contribution in [0.3, 0.4) is 0 Å². The van der Waals surface area contributed by atoms with Crippen LogP contribution in [0.4, 0.5) is 0 Å². The van der Waals surface area contributed by atoms with Crippen LogP contribution in [0.15, 0.2) is 28.9 Å². The molecule has 1 amide bonds. The molecule has 0 aromatic carbocycles. The van der Waals surface area contributed by atoms with Crippen LogP contribution in [-0.2, 0) is 22.5 Å². The Bertz CT molecular complexity index is 745. The molecule has 0 bridgehead atoms. The number of rotatable bonds is 6. The summed E-state index contributed by atoms with van der Waals surface area (Å²) in [6.07, 6.45) is 3.82. The van der Waals surface area contributed by atoms with Crippen LogP contribution in [0.2, 0.25) is 0 Å². The zero-order chi connectivity index (χ0) is 18.5. The number of morpholine rings is 1. The third kappa shape index (κ3) is 4.70. The summed E-state index contributed by atoms with van der Waals surface area (Å²) in [5, 5.41) is 4.14. The zero-order valence-corrected chi connectivity index (χ0v) is 15.4. The van der Waals surface area contributed by atoms with Crippen molar-refractivity contribution < 1.29 is 14.1 Å². The fourth-order valence-corrected chi connectivity index (χ4v) is 3.58. The number of piperidine rings is 1. The van der Waals surface area contributed by atoms with Crippen molar-refractivity contribution in [3.05, 3.63) is 41.8 Å². The molecule has 2 aliphatic rings. The molecule has 144 valence electrons. The fraction of sp³-hybridized carbons (Fsp3) is 0.579. The van der Waals surface area contributed by atoms with E-state index in [1.165, 1.54) is 0 Å².